The predicted molar refractivity (Wildman–Crippen MR) is 89.5 cm³/mol. The highest BCUT2D eigenvalue weighted by atomic mass is 16.5. The van der Waals surface area contributed by atoms with E-state index in [-0.39, 0.29) is 22.8 Å². The number of esters is 2. The van der Waals surface area contributed by atoms with Gasteiger partial charge in [-0.15, -0.1) is 0 Å². The Labute approximate surface area is 149 Å². The molecule has 0 saturated heterocycles. The SMILES string of the molecule is COC(=O)C1=C(N)Oc2ccccc2[C@@]12C(=O)N(C)C(C)=C2C(=O)OC. The van der Waals surface area contributed by atoms with E-state index in [9.17, 15) is 14.4 Å². The number of allylic oxidation sites excluding steroid dienone is 1. The van der Waals surface area contributed by atoms with E-state index in [1.807, 2.05) is 0 Å². The zero-order valence-electron chi connectivity index (χ0n) is 14.8. The van der Waals surface area contributed by atoms with Gasteiger partial charge in [-0.05, 0) is 13.0 Å². The van der Waals surface area contributed by atoms with Crippen LogP contribution in [0, 0.1) is 0 Å². The number of nitrogens with two attached hydrogens (primary N) is 1. The molecule has 8 heteroatoms. The van der Waals surface area contributed by atoms with Crippen LogP contribution >= 0.6 is 0 Å². The standard InChI is InChI=1S/C18H18N2O6/c1-9-12(15(21)24-3)18(17(23)20(9)2)10-7-5-6-8-11(10)26-14(19)13(18)16(22)25-4/h5-8H,19H2,1-4H3/t18-/m0/s1. The Bertz CT molecular complexity index is 901. The predicted octanol–water partition coefficient (Wildman–Crippen LogP) is 0.579. The smallest absolute Gasteiger partial charge is 0.340 e. The molecule has 0 fully saturated rings. The van der Waals surface area contributed by atoms with Gasteiger partial charge in [0.2, 0.25) is 11.8 Å². The van der Waals surface area contributed by atoms with Gasteiger partial charge in [0.25, 0.3) is 0 Å². The minimum Gasteiger partial charge on any atom is -0.466 e. The number of fused-ring (bicyclic) bond motifs is 2. The normalized spacial score (nSPS) is 21.7. The third-order valence-corrected chi connectivity index (χ3v) is 4.78. The maximum Gasteiger partial charge on any atom is 0.340 e. The first-order valence-electron chi connectivity index (χ1n) is 7.76. The van der Waals surface area contributed by atoms with Gasteiger partial charge >= 0.3 is 11.9 Å². The number of hydrogen-bond acceptors (Lipinski definition) is 7. The van der Waals surface area contributed by atoms with Crippen molar-refractivity contribution in [3.63, 3.8) is 0 Å². The average molecular weight is 358 g/mol. The van der Waals surface area contributed by atoms with E-state index in [0.29, 0.717) is 11.3 Å². The van der Waals surface area contributed by atoms with Crippen molar-refractivity contribution in [1.82, 2.24) is 4.90 Å². The summed E-state index contributed by atoms with van der Waals surface area (Å²) in [4.78, 5) is 39.9. The first-order valence-corrected chi connectivity index (χ1v) is 7.76. The number of carbonyl (C=O) groups excluding carboxylic acids is 3. The Morgan fingerprint density at radius 1 is 1.12 bits per heavy atom. The molecule has 8 nitrogen and oxygen atoms in total. The van der Waals surface area contributed by atoms with E-state index in [4.69, 9.17) is 19.9 Å². The molecular weight excluding hydrogens is 340 g/mol. The highest BCUT2D eigenvalue weighted by Crippen LogP contribution is 2.53. The number of methoxy groups -OCH3 is 2. The number of likely N-dealkylation sites (N-methyl/N-ethyl adjacent to an activating group) is 1. The van der Waals surface area contributed by atoms with Crippen LogP contribution in [-0.4, -0.2) is 44.0 Å². The molecule has 0 saturated carbocycles. The molecule has 1 amide bonds. The summed E-state index contributed by atoms with van der Waals surface area (Å²) in [5.41, 5.74) is 4.64. The number of hydrogen-bond donors (Lipinski definition) is 1. The third kappa shape index (κ3) is 1.98. The Morgan fingerprint density at radius 3 is 2.31 bits per heavy atom. The first-order chi connectivity index (χ1) is 12.3. The molecule has 3 rings (SSSR count). The van der Waals surface area contributed by atoms with E-state index in [1.54, 1.807) is 31.2 Å². The minimum atomic E-state index is -1.79. The van der Waals surface area contributed by atoms with Crippen LogP contribution in [0.2, 0.25) is 0 Å². The second kappa shape index (κ2) is 5.91. The molecule has 0 unspecified atom stereocenters. The van der Waals surface area contributed by atoms with Crippen LogP contribution in [0.1, 0.15) is 12.5 Å². The number of benzene rings is 1. The van der Waals surface area contributed by atoms with Gasteiger partial charge in [0.05, 0.1) is 19.8 Å². The molecule has 1 aromatic carbocycles. The molecule has 136 valence electrons. The van der Waals surface area contributed by atoms with Crippen molar-refractivity contribution in [2.45, 2.75) is 12.3 Å². The van der Waals surface area contributed by atoms with Crippen LogP contribution in [0.5, 0.6) is 5.75 Å². The van der Waals surface area contributed by atoms with E-state index in [1.165, 1.54) is 19.1 Å². The molecule has 1 atom stereocenters. The van der Waals surface area contributed by atoms with E-state index in [0.717, 1.165) is 7.11 Å². The second-order valence-corrected chi connectivity index (χ2v) is 5.90. The molecule has 2 heterocycles. The van der Waals surface area contributed by atoms with Gasteiger partial charge in [-0.25, -0.2) is 9.59 Å². The van der Waals surface area contributed by atoms with Crippen LogP contribution in [0.15, 0.2) is 47.0 Å². The van der Waals surface area contributed by atoms with Crippen molar-refractivity contribution in [3.8, 4) is 5.75 Å². The van der Waals surface area contributed by atoms with Gasteiger partial charge < -0.3 is 24.8 Å². The molecule has 0 aliphatic carbocycles. The van der Waals surface area contributed by atoms with Gasteiger partial charge in [0.15, 0.2) is 0 Å². The highest BCUT2D eigenvalue weighted by molar-refractivity contribution is 6.17. The maximum atomic E-state index is 13.4. The van der Waals surface area contributed by atoms with Gasteiger partial charge in [0.1, 0.15) is 16.7 Å². The summed E-state index contributed by atoms with van der Waals surface area (Å²) >= 11 is 0. The zero-order valence-corrected chi connectivity index (χ0v) is 14.8. The first kappa shape index (κ1) is 17.5. The molecule has 0 radical (unpaired) electrons. The summed E-state index contributed by atoms with van der Waals surface area (Å²) in [7, 11) is 3.88. The molecule has 0 bridgehead atoms. The van der Waals surface area contributed by atoms with Crippen molar-refractivity contribution in [3.05, 3.63) is 52.6 Å². The van der Waals surface area contributed by atoms with E-state index < -0.39 is 23.3 Å². The Kier molecular flexibility index (Phi) is 3.98. The molecule has 1 aromatic rings. The largest absolute Gasteiger partial charge is 0.466 e. The number of nitrogens with zero attached hydrogens (tertiary/aromatic N) is 1. The summed E-state index contributed by atoms with van der Waals surface area (Å²) in [6, 6.07) is 6.59. The van der Waals surface area contributed by atoms with Gasteiger partial charge in [-0.1, -0.05) is 18.2 Å². The molecule has 26 heavy (non-hydrogen) atoms. The monoisotopic (exact) mass is 358 g/mol. The van der Waals surface area contributed by atoms with Crippen LogP contribution < -0.4 is 10.5 Å². The molecule has 1 spiro atoms. The molecule has 2 N–H and O–H groups in total. The van der Waals surface area contributed by atoms with Crippen molar-refractivity contribution in [2.24, 2.45) is 5.73 Å². The quantitative estimate of drug-likeness (QED) is 0.770. The van der Waals surface area contributed by atoms with Gasteiger partial charge in [0, 0.05) is 18.3 Å². The zero-order chi connectivity index (χ0) is 19.2. The van der Waals surface area contributed by atoms with Crippen molar-refractivity contribution in [1.29, 1.82) is 0 Å². The number of amides is 1. The minimum absolute atomic E-state index is 0.00611. The maximum absolute atomic E-state index is 13.4. The molecular formula is C18H18N2O6. The number of rotatable bonds is 2. The topological polar surface area (TPSA) is 108 Å². The number of ether oxygens (including phenoxy) is 3. The van der Waals surface area contributed by atoms with Crippen molar-refractivity contribution < 1.29 is 28.6 Å². The Hall–Kier alpha value is -3.29. The lowest BCUT2D eigenvalue weighted by Crippen LogP contribution is -2.49. The van der Waals surface area contributed by atoms with Crippen LogP contribution in [0.4, 0.5) is 0 Å². The number of para-hydroxylation sites is 1. The molecule has 0 aromatic heterocycles. The summed E-state index contributed by atoms with van der Waals surface area (Å²) in [5.74, 6) is -2.15. The molecule has 2 aliphatic rings. The summed E-state index contributed by atoms with van der Waals surface area (Å²) in [5, 5.41) is 0. The lowest BCUT2D eigenvalue weighted by Gasteiger charge is -2.36. The number of carbonyl (C=O) groups is 3. The summed E-state index contributed by atoms with van der Waals surface area (Å²) in [6.07, 6.45) is 0. The third-order valence-electron chi connectivity index (χ3n) is 4.78. The molecule has 2 aliphatic heterocycles. The van der Waals surface area contributed by atoms with Gasteiger partial charge in [-0.3, -0.25) is 4.79 Å². The van der Waals surface area contributed by atoms with Crippen LogP contribution in [-0.2, 0) is 29.3 Å². The lowest BCUT2D eigenvalue weighted by molar-refractivity contribution is -0.141. The Balaban J connectivity index is 2.49. The highest BCUT2D eigenvalue weighted by Gasteiger charge is 2.63. The summed E-state index contributed by atoms with van der Waals surface area (Å²) < 4.78 is 15.3. The van der Waals surface area contributed by atoms with Crippen molar-refractivity contribution >= 4 is 17.8 Å². The fourth-order valence-corrected chi connectivity index (χ4v) is 3.54. The van der Waals surface area contributed by atoms with Crippen LogP contribution in [0.25, 0.3) is 0 Å². The van der Waals surface area contributed by atoms with Gasteiger partial charge in [-0.2, -0.15) is 0 Å². The lowest BCUT2D eigenvalue weighted by atomic mass is 9.67. The van der Waals surface area contributed by atoms with E-state index in [2.05, 4.69) is 0 Å². The van der Waals surface area contributed by atoms with Crippen molar-refractivity contribution in [2.75, 3.05) is 21.3 Å². The van der Waals surface area contributed by atoms with E-state index >= 15 is 0 Å². The summed E-state index contributed by atoms with van der Waals surface area (Å²) in [6.45, 7) is 1.60. The second-order valence-electron chi connectivity index (χ2n) is 5.90. The average Bonchev–Trinajstić information content (AvgIpc) is 2.83. The fraction of sp³-hybridized carbons (Fsp3) is 0.278. The Morgan fingerprint density at radius 2 is 1.69 bits per heavy atom. The fourth-order valence-electron chi connectivity index (χ4n) is 3.54. The van der Waals surface area contributed by atoms with Crippen LogP contribution in [0.3, 0.4) is 0 Å².